The number of carbonyl (C=O) groups excluding carboxylic acids is 11. The fourth-order valence-corrected chi connectivity index (χ4v) is 17.3. The zero-order valence-electron chi connectivity index (χ0n) is 80.3. The molecule has 0 saturated carbocycles. The first-order valence-electron chi connectivity index (χ1n) is 48.3. The number of H-pyrrole nitrogens is 1. The van der Waals surface area contributed by atoms with E-state index in [4.69, 9.17) is 56.4 Å². The van der Waals surface area contributed by atoms with E-state index < -0.39 is 227 Å². The summed E-state index contributed by atoms with van der Waals surface area (Å²) in [5.41, 5.74) is -2.97. The van der Waals surface area contributed by atoms with Crippen molar-refractivity contribution in [3.05, 3.63) is 33.1 Å². The molecule has 52 heteroatoms. The Morgan fingerprint density at radius 1 is 0.443 bits per heavy atom. The summed E-state index contributed by atoms with van der Waals surface area (Å²) in [6.07, 6.45) is -10.5. The van der Waals surface area contributed by atoms with Crippen molar-refractivity contribution in [1.29, 1.82) is 0 Å². The first kappa shape index (κ1) is 121. The molecule has 1 unspecified atom stereocenters. The zero-order valence-corrected chi connectivity index (χ0v) is 81.2. The summed E-state index contributed by atoms with van der Waals surface area (Å²) in [6, 6.07) is -3.04. The molecule has 0 radical (unpaired) electrons. The van der Waals surface area contributed by atoms with Gasteiger partial charge >= 0.3 is 13.5 Å². The van der Waals surface area contributed by atoms with Gasteiger partial charge in [-0.15, -0.1) is 0 Å². The summed E-state index contributed by atoms with van der Waals surface area (Å²) in [6.45, 7) is 2.07. The molecule has 802 valence electrons. The number of carbonyl (C=O) groups is 11. The second-order valence-corrected chi connectivity index (χ2v) is 37.0. The molecule has 5 aliphatic heterocycles. The minimum absolute atomic E-state index is 0.0291. The molecule has 51 nitrogen and oxygen atoms in total. The molecule has 23 N–H and O–H groups in total. The number of aliphatic hydroxyl groups excluding tert-OH is 11. The Labute approximate surface area is 812 Å². The highest BCUT2D eigenvalue weighted by atomic mass is 31.2. The Balaban J connectivity index is 0.993. The average Bonchev–Trinajstić information content (AvgIpc) is 1.64. The van der Waals surface area contributed by atoms with Gasteiger partial charge in [0.05, 0.1) is 84.8 Å². The number of rotatable bonds is 70. The number of aromatic amines is 1. The monoisotopic (exact) mass is 2030 g/mol. The number of likely N-dealkylation sites (tertiary alicyclic amines) is 1. The van der Waals surface area contributed by atoms with E-state index in [1.165, 1.54) is 31.9 Å². The molecule has 140 heavy (non-hydrogen) atoms. The van der Waals surface area contributed by atoms with E-state index in [1.807, 2.05) is 0 Å². The first-order valence-corrected chi connectivity index (χ1v) is 49.8. The van der Waals surface area contributed by atoms with Gasteiger partial charge in [-0.2, -0.15) is 0 Å². The molecule has 1 aromatic heterocycles. The topological polar surface area (TPSA) is 737 Å². The lowest BCUT2D eigenvalue weighted by molar-refractivity contribution is -0.270. The molecule has 0 aromatic carbocycles. The third-order valence-corrected chi connectivity index (χ3v) is 24.8. The molecule has 1 aromatic rings. The largest absolute Gasteiger partial charge is 0.472 e. The fourth-order valence-electron chi connectivity index (χ4n) is 16.3. The molecular formula is C88H152N13O38P. The van der Waals surface area contributed by atoms with Gasteiger partial charge in [-0.3, -0.25) is 76.1 Å². The maximum atomic E-state index is 14.2. The van der Waals surface area contributed by atoms with Crippen LogP contribution in [0, 0.1) is 5.92 Å². The SMILES string of the molecule is CC(=O)N[C@H]1[C@H](OCCCCC(=O)NCCCNC(=O)CCOCC(COCCC(=O)NCCCNC(=O)CCCCO[C@@H]2O[C@H](CO)[C@H](O)[C@H](O)[C@H]2NC(C)=O)(COCCC(=O)NCCCNC(=O)CCCCO[C@@H]2O[C@H](CO)[C@H](O)[C@H](O)[C@H]2NC(C)=O)NC(=O)CCCCCCCCCCC(=O)N2C[C@H](O)C[C@H]2COP(=O)(O)O[C@H]2[C@@H](C)[C@H](n3ccc(=O)[nH]c3=O)O[C@@H]2CO)O[C@H](CO)[C@H](O)[C@@H]1O. The van der Waals surface area contributed by atoms with Crippen molar-refractivity contribution in [2.24, 2.45) is 5.92 Å². The van der Waals surface area contributed by atoms with Crippen LogP contribution in [-0.2, 0) is 114 Å². The molecule has 11 amide bonds. The normalized spacial score (nSPS) is 26.1. The third kappa shape index (κ3) is 44.0. The molecule has 6 heterocycles. The van der Waals surface area contributed by atoms with Crippen molar-refractivity contribution < 1.29 is 175 Å². The number of ether oxygens (including phenoxy) is 10. The second kappa shape index (κ2) is 65.5. The summed E-state index contributed by atoms with van der Waals surface area (Å²) >= 11 is 0. The van der Waals surface area contributed by atoms with Crippen molar-refractivity contribution in [2.45, 2.75) is 323 Å². The summed E-state index contributed by atoms with van der Waals surface area (Å²) < 4.78 is 83.3. The lowest BCUT2D eigenvalue weighted by atomic mass is 9.97. The highest BCUT2D eigenvalue weighted by molar-refractivity contribution is 7.47. The summed E-state index contributed by atoms with van der Waals surface area (Å²) in [5, 5.41) is 139. The number of phosphoric acid groups is 1. The summed E-state index contributed by atoms with van der Waals surface area (Å²) in [5.74, 6) is -5.12. The number of aromatic nitrogens is 2. The van der Waals surface area contributed by atoms with E-state index in [9.17, 15) is 128 Å². The number of amides is 11. The quantitative estimate of drug-likeness (QED) is 0.0213. The number of nitrogens with zero attached hydrogens (tertiary/aromatic N) is 2. The molecule has 5 fully saturated rings. The van der Waals surface area contributed by atoms with E-state index in [2.05, 4.69) is 58.2 Å². The Morgan fingerprint density at radius 2 is 0.786 bits per heavy atom. The lowest BCUT2D eigenvalue weighted by Crippen LogP contribution is -2.64. The summed E-state index contributed by atoms with van der Waals surface area (Å²) in [4.78, 5) is 180. The maximum Gasteiger partial charge on any atom is 0.472 e. The minimum atomic E-state index is -4.91. The minimum Gasteiger partial charge on any atom is -0.394 e. The highest BCUT2D eigenvalue weighted by Crippen LogP contribution is 2.50. The average molecular weight is 2030 g/mol. The molecule has 0 spiro atoms. The van der Waals surface area contributed by atoms with Crippen LogP contribution in [0.1, 0.15) is 201 Å². The van der Waals surface area contributed by atoms with Crippen LogP contribution >= 0.6 is 7.82 Å². The van der Waals surface area contributed by atoms with Gasteiger partial charge in [0.1, 0.15) is 97.0 Å². The number of unbranched alkanes of at least 4 members (excludes halogenated alkanes) is 10. The maximum absolute atomic E-state index is 14.2. The molecule has 5 saturated heterocycles. The van der Waals surface area contributed by atoms with Crippen LogP contribution in [0.5, 0.6) is 0 Å². The van der Waals surface area contributed by atoms with Gasteiger partial charge in [-0.25, -0.2) is 9.36 Å². The second-order valence-electron chi connectivity index (χ2n) is 35.6. The number of hydrogen-bond acceptors (Lipinski definition) is 37. The van der Waals surface area contributed by atoms with Gasteiger partial charge in [-0.05, 0) is 77.0 Å². The molecular weight excluding hydrogens is 1880 g/mol. The number of hydrogen-bond donors (Lipinski definition) is 23. The van der Waals surface area contributed by atoms with Crippen molar-refractivity contribution in [2.75, 3.05) is 138 Å². The van der Waals surface area contributed by atoms with Gasteiger partial charge in [0, 0.05) is 156 Å². The van der Waals surface area contributed by atoms with Crippen LogP contribution in [-0.4, -0.2) is 401 Å². The van der Waals surface area contributed by atoms with Gasteiger partial charge in [-0.1, -0.05) is 45.4 Å². The van der Waals surface area contributed by atoms with Crippen molar-refractivity contribution >= 4 is 72.8 Å². The first-order chi connectivity index (χ1) is 66.9. The van der Waals surface area contributed by atoms with Crippen molar-refractivity contribution in [1.82, 2.24) is 67.6 Å². The van der Waals surface area contributed by atoms with Crippen LogP contribution < -0.4 is 64.4 Å². The summed E-state index contributed by atoms with van der Waals surface area (Å²) in [7, 11) is -4.91. The van der Waals surface area contributed by atoms with Crippen LogP contribution in [0.25, 0.3) is 0 Å². The van der Waals surface area contributed by atoms with E-state index in [1.54, 1.807) is 6.92 Å². The molecule has 0 aliphatic carbocycles. The van der Waals surface area contributed by atoms with Crippen LogP contribution in [0.4, 0.5) is 0 Å². The highest BCUT2D eigenvalue weighted by Gasteiger charge is 2.51. The van der Waals surface area contributed by atoms with Crippen LogP contribution in [0.3, 0.4) is 0 Å². The fraction of sp³-hybridized carbons (Fsp3) is 0.830. The number of β-amino-alcohol motifs (C(OH)–C–C–N with tert-alkyl or cyclic N) is 1. The predicted molar refractivity (Wildman–Crippen MR) is 489 cm³/mol. The van der Waals surface area contributed by atoms with Crippen LogP contribution in [0.2, 0.25) is 0 Å². The molecule has 0 bridgehead atoms. The number of phosphoric ester groups is 1. The number of nitrogens with one attached hydrogen (secondary N) is 11. The van der Waals surface area contributed by atoms with Gasteiger partial charge in [0.25, 0.3) is 5.56 Å². The van der Waals surface area contributed by atoms with E-state index >= 15 is 0 Å². The number of aliphatic hydroxyl groups is 11. The third-order valence-electron chi connectivity index (χ3n) is 23.8. The standard InChI is InChI=1S/C88H152N13O38P/c1-54-82(63(49-105)135-83(54)100-37-27-70(116)98-87(100)125)139-140(126,127)134-50-58-44-59(109)45-101(58)72(118)26-12-10-8-6-5-7-9-11-25-71(117)99-88(51-128-41-28-67(113)92-34-19-31-89-64(110)22-13-16-38-131-84-73(95-55(2)106)79(122)76(119)60(46-102)136-84,52-129-42-29-68(114)93-35-20-32-90-65(111)23-14-17-39-132-85-74(96-56(3)107)80(123)77(120)61(47-103)137-85)53-130-43-30-69(115)94-36-21-33-91-66(112)24-15-18-40-133-86-75(97-57(4)108)81(124)78(121)62(48-104)138-86/h27,37,54,58-63,73-86,102-105,109,119-124H,5-26,28-36,38-53H2,1-4H3,(H,89,110)(H,90,111)(H,91,112)(H,92,113)(H,93,114)(H,94,115)(H,95,106)(H,96,107)(H,97,108)(H,99,117)(H,126,127)(H,98,116,125)/t54-,58+,59-,60-,61-,62-,63-,73-,74-,75-,76+,77+,78+,79-,80-,81-,82+,83-,84-,85-,86-/m1/s1. The van der Waals surface area contributed by atoms with E-state index in [0.29, 0.717) is 83.5 Å². The smallest absolute Gasteiger partial charge is 0.394 e. The van der Waals surface area contributed by atoms with E-state index in [0.717, 1.165) is 36.3 Å². The Bertz CT molecular complexity index is 3830. The Kier molecular flexibility index (Phi) is 56.5. The predicted octanol–water partition coefficient (Wildman–Crippen LogP) is -6.24. The molecule has 5 aliphatic rings. The van der Waals surface area contributed by atoms with E-state index in [-0.39, 0.29) is 187 Å². The molecule has 6 rings (SSSR count). The van der Waals surface area contributed by atoms with Crippen molar-refractivity contribution in [3.8, 4) is 0 Å². The van der Waals surface area contributed by atoms with Crippen molar-refractivity contribution in [3.63, 3.8) is 0 Å². The molecule has 22 atom stereocenters. The zero-order chi connectivity index (χ0) is 103. The Hall–Kier alpha value is -7.88. The Morgan fingerprint density at radius 3 is 1.14 bits per heavy atom. The van der Waals surface area contributed by atoms with Crippen LogP contribution in [0.15, 0.2) is 21.9 Å². The lowest BCUT2D eigenvalue weighted by Gasteiger charge is -2.42. The van der Waals surface area contributed by atoms with Gasteiger partial charge in [0.2, 0.25) is 65.0 Å². The van der Waals surface area contributed by atoms with Gasteiger partial charge in [0.15, 0.2) is 18.9 Å². The van der Waals surface area contributed by atoms with Gasteiger partial charge < -0.3 is 167 Å².